The first-order valence-corrected chi connectivity index (χ1v) is 7.34. The Morgan fingerprint density at radius 1 is 1.29 bits per heavy atom. The second-order valence-electron chi connectivity index (χ2n) is 5.47. The molecule has 2 aromatic heterocycles. The van der Waals surface area contributed by atoms with Crippen molar-refractivity contribution in [3.05, 3.63) is 48.7 Å². The lowest BCUT2D eigenvalue weighted by Crippen LogP contribution is -2.33. The zero-order valence-corrected chi connectivity index (χ0v) is 12.5. The van der Waals surface area contributed by atoms with E-state index in [1.165, 1.54) is 16.6 Å². The normalized spacial score (nSPS) is 12.9. The fourth-order valence-electron chi connectivity index (χ4n) is 2.74. The molecule has 0 aliphatic rings. The molecule has 0 spiro atoms. The van der Waals surface area contributed by atoms with Crippen molar-refractivity contribution in [3.8, 4) is 0 Å². The third-order valence-corrected chi connectivity index (χ3v) is 3.77. The summed E-state index contributed by atoms with van der Waals surface area (Å²) in [7, 11) is 0. The molecule has 5 heteroatoms. The molecule has 0 bridgehead atoms. The number of aryl methyl sites for hydroxylation is 1. The van der Waals surface area contributed by atoms with Gasteiger partial charge in [0.2, 0.25) is 0 Å². The van der Waals surface area contributed by atoms with Crippen LogP contribution in [0, 0.1) is 6.92 Å². The highest BCUT2D eigenvalue weighted by Gasteiger charge is 2.06. The van der Waals surface area contributed by atoms with Gasteiger partial charge in [-0.25, -0.2) is 4.98 Å². The number of aromatic nitrogens is 4. The number of fused-ring (bicyclic) bond motifs is 1. The zero-order chi connectivity index (χ0) is 14.7. The average Bonchev–Trinajstić information content (AvgIpc) is 3.07. The van der Waals surface area contributed by atoms with E-state index in [4.69, 9.17) is 0 Å². The van der Waals surface area contributed by atoms with E-state index in [0.29, 0.717) is 6.04 Å². The second-order valence-corrected chi connectivity index (χ2v) is 5.47. The molecule has 0 fully saturated rings. The maximum absolute atomic E-state index is 4.13. The van der Waals surface area contributed by atoms with E-state index in [1.54, 1.807) is 12.7 Å². The lowest BCUT2D eigenvalue weighted by Gasteiger charge is -2.15. The predicted octanol–water partition coefficient (Wildman–Crippen LogP) is 2.22. The van der Waals surface area contributed by atoms with Gasteiger partial charge < -0.3 is 9.88 Å². The van der Waals surface area contributed by atoms with E-state index in [2.05, 4.69) is 64.1 Å². The molecule has 0 unspecified atom stereocenters. The maximum Gasteiger partial charge on any atom is 0.137 e. The number of hydrogen-bond donors (Lipinski definition) is 1. The summed E-state index contributed by atoms with van der Waals surface area (Å²) >= 11 is 0. The van der Waals surface area contributed by atoms with Crippen LogP contribution >= 0.6 is 0 Å². The van der Waals surface area contributed by atoms with Crippen LogP contribution in [0.3, 0.4) is 0 Å². The Morgan fingerprint density at radius 2 is 2.14 bits per heavy atom. The third kappa shape index (κ3) is 3.13. The molecular weight excluding hydrogens is 262 g/mol. The first-order valence-electron chi connectivity index (χ1n) is 7.34. The summed E-state index contributed by atoms with van der Waals surface area (Å²) in [5.74, 6) is 0. The van der Waals surface area contributed by atoms with Gasteiger partial charge in [0.25, 0.3) is 0 Å². The molecule has 3 rings (SSSR count). The number of para-hydroxylation sites is 1. The molecule has 1 aromatic carbocycles. The van der Waals surface area contributed by atoms with Gasteiger partial charge in [-0.05, 0) is 31.4 Å². The molecule has 0 radical (unpaired) electrons. The standard InChI is InChI=1S/C16H21N5/c1-13(10-20-12-17-11-19-20)18-7-8-21-14(2)9-15-5-3-4-6-16(15)21/h3-6,9,11-13,18H,7-8,10H2,1-2H3/t13-/m0/s1. The van der Waals surface area contributed by atoms with Gasteiger partial charge in [0.05, 0.1) is 6.54 Å². The minimum atomic E-state index is 0.369. The first kappa shape index (κ1) is 13.8. The van der Waals surface area contributed by atoms with E-state index in [9.17, 15) is 0 Å². The Morgan fingerprint density at radius 3 is 2.95 bits per heavy atom. The summed E-state index contributed by atoms with van der Waals surface area (Å²) in [5, 5.41) is 8.98. The van der Waals surface area contributed by atoms with Crippen LogP contribution in [0.15, 0.2) is 43.0 Å². The predicted molar refractivity (Wildman–Crippen MR) is 84.2 cm³/mol. The molecule has 110 valence electrons. The first-order chi connectivity index (χ1) is 10.2. The van der Waals surface area contributed by atoms with Crippen LogP contribution in [0.2, 0.25) is 0 Å². The van der Waals surface area contributed by atoms with E-state index in [-0.39, 0.29) is 0 Å². The summed E-state index contributed by atoms with van der Waals surface area (Å²) < 4.78 is 4.22. The maximum atomic E-state index is 4.13. The van der Waals surface area contributed by atoms with Crippen molar-refractivity contribution < 1.29 is 0 Å². The topological polar surface area (TPSA) is 47.7 Å². The van der Waals surface area contributed by atoms with Gasteiger partial charge in [0.1, 0.15) is 12.7 Å². The molecule has 1 N–H and O–H groups in total. The van der Waals surface area contributed by atoms with E-state index >= 15 is 0 Å². The number of hydrogen-bond acceptors (Lipinski definition) is 3. The molecule has 3 aromatic rings. The molecule has 5 nitrogen and oxygen atoms in total. The largest absolute Gasteiger partial charge is 0.344 e. The molecule has 1 atom stereocenters. The van der Waals surface area contributed by atoms with Crippen molar-refractivity contribution in [3.63, 3.8) is 0 Å². The Bertz CT molecular complexity index is 699. The summed E-state index contributed by atoms with van der Waals surface area (Å²) in [5.41, 5.74) is 2.61. The van der Waals surface area contributed by atoms with Gasteiger partial charge in [-0.3, -0.25) is 4.68 Å². The van der Waals surface area contributed by atoms with Gasteiger partial charge in [-0.2, -0.15) is 5.10 Å². The summed E-state index contributed by atoms with van der Waals surface area (Å²) in [4.78, 5) is 3.96. The lowest BCUT2D eigenvalue weighted by molar-refractivity contribution is 0.440. The highest BCUT2D eigenvalue weighted by atomic mass is 15.3. The zero-order valence-electron chi connectivity index (χ0n) is 12.5. The van der Waals surface area contributed by atoms with Gasteiger partial charge >= 0.3 is 0 Å². The summed E-state index contributed by atoms with van der Waals surface area (Å²) in [6, 6.07) is 11.1. The number of nitrogens with one attached hydrogen (secondary N) is 1. The van der Waals surface area contributed by atoms with Crippen LogP contribution in [0.5, 0.6) is 0 Å². The van der Waals surface area contributed by atoms with Crippen LogP contribution < -0.4 is 5.32 Å². The Balaban J connectivity index is 1.58. The van der Waals surface area contributed by atoms with Crippen LogP contribution in [-0.4, -0.2) is 31.9 Å². The molecule has 2 heterocycles. The third-order valence-electron chi connectivity index (χ3n) is 3.77. The highest BCUT2D eigenvalue weighted by Crippen LogP contribution is 2.18. The van der Waals surface area contributed by atoms with Crippen LogP contribution in [-0.2, 0) is 13.1 Å². The molecule has 0 aliphatic heterocycles. The SMILES string of the molecule is Cc1cc2ccccc2n1CCN[C@@H](C)Cn1cncn1. The van der Waals surface area contributed by atoms with Gasteiger partial charge in [0, 0.05) is 30.3 Å². The van der Waals surface area contributed by atoms with Crippen LogP contribution in [0.4, 0.5) is 0 Å². The van der Waals surface area contributed by atoms with E-state index in [1.807, 2.05) is 4.68 Å². The van der Waals surface area contributed by atoms with Crippen molar-refractivity contribution in [2.75, 3.05) is 6.54 Å². The lowest BCUT2D eigenvalue weighted by atomic mass is 10.2. The number of benzene rings is 1. The van der Waals surface area contributed by atoms with Crippen LogP contribution in [0.1, 0.15) is 12.6 Å². The monoisotopic (exact) mass is 283 g/mol. The summed E-state index contributed by atoms with van der Waals surface area (Å²) in [6.45, 7) is 7.09. The fourth-order valence-corrected chi connectivity index (χ4v) is 2.74. The minimum absolute atomic E-state index is 0.369. The fraction of sp³-hybridized carbons (Fsp3) is 0.375. The Labute approximate surface area is 124 Å². The molecule has 0 saturated heterocycles. The number of rotatable bonds is 6. The smallest absolute Gasteiger partial charge is 0.137 e. The quantitative estimate of drug-likeness (QED) is 0.754. The Hall–Kier alpha value is -2.14. The van der Waals surface area contributed by atoms with Crippen molar-refractivity contribution in [2.24, 2.45) is 0 Å². The van der Waals surface area contributed by atoms with Gasteiger partial charge in [0.15, 0.2) is 0 Å². The summed E-state index contributed by atoms with van der Waals surface area (Å²) in [6.07, 6.45) is 3.32. The average molecular weight is 283 g/mol. The molecule has 21 heavy (non-hydrogen) atoms. The van der Waals surface area contributed by atoms with Crippen LogP contribution in [0.25, 0.3) is 10.9 Å². The van der Waals surface area contributed by atoms with E-state index in [0.717, 1.165) is 19.6 Å². The molecule has 0 aliphatic carbocycles. The molecular formula is C16H21N5. The molecule has 0 saturated carbocycles. The molecule has 0 amide bonds. The van der Waals surface area contributed by atoms with Gasteiger partial charge in [-0.1, -0.05) is 18.2 Å². The van der Waals surface area contributed by atoms with E-state index < -0.39 is 0 Å². The Kier molecular flexibility index (Phi) is 4.01. The van der Waals surface area contributed by atoms with Crippen molar-refractivity contribution in [1.29, 1.82) is 0 Å². The number of nitrogens with zero attached hydrogens (tertiary/aromatic N) is 4. The highest BCUT2D eigenvalue weighted by molar-refractivity contribution is 5.81. The van der Waals surface area contributed by atoms with Crippen molar-refractivity contribution in [2.45, 2.75) is 33.0 Å². The van der Waals surface area contributed by atoms with Crippen molar-refractivity contribution in [1.82, 2.24) is 24.6 Å². The minimum Gasteiger partial charge on any atom is -0.344 e. The van der Waals surface area contributed by atoms with Crippen molar-refractivity contribution >= 4 is 10.9 Å². The second kappa shape index (κ2) is 6.10. The van der Waals surface area contributed by atoms with Gasteiger partial charge in [-0.15, -0.1) is 0 Å².